The summed E-state index contributed by atoms with van der Waals surface area (Å²) in [5.74, 6) is 0.637. The van der Waals surface area contributed by atoms with E-state index in [0.717, 1.165) is 32.4 Å². The number of nitrogens with zero attached hydrogens (tertiary/aromatic N) is 2. The lowest BCUT2D eigenvalue weighted by Gasteiger charge is -2.32. The van der Waals surface area contributed by atoms with Crippen LogP contribution in [0, 0.1) is 17.2 Å². The molecule has 0 unspecified atom stereocenters. The Bertz CT molecular complexity index is 728. The first-order chi connectivity index (χ1) is 11.7. The number of carbonyl (C=O) groups excluding carboxylic acids is 1. The standard InChI is InChI=1S/C20H21N3O/c21-15-18-7-4-8-19(14-18)22-20(24)23-11-9-17(10-12-23)13-16-5-2-1-3-6-16/h1-8,14,17H,9-13H2,(H,22,24). The van der Waals surface area contributed by atoms with E-state index in [1.165, 1.54) is 5.56 Å². The average molecular weight is 319 g/mol. The van der Waals surface area contributed by atoms with Gasteiger partial charge < -0.3 is 10.2 Å². The molecular weight excluding hydrogens is 298 g/mol. The Labute approximate surface area is 142 Å². The molecule has 2 aromatic carbocycles. The van der Waals surface area contributed by atoms with Gasteiger partial charge in [-0.05, 0) is 48.9 Å². The Morgan fingerprint density at radius 1 is 1.12 bits per heavy atom. The first kappa shape index (κ1) is 16.1. The zero-order chi connectivity index (χ0) is 16.8. The number of hydrogen-bond acceptors (Lipinski definition) is 2. The van der Waals surface area contributed by atoms with Crippen molar-refractivity contribution in [2.75, 3.05) is 18.4 Å². The van der Waals surface area contributed by atoms with E-state index >= 15 is 0 Å². The first-order valence-corrected chi connectivity index (χ1v) is 8.34. The molecule has 0 saturated carbocycles. The van der Waals surface area contributed by atoms with Gasteiger partial charge in [0.05, 0.1) is 11.6 Å². The summed E-state index contributed by atoms with van der Waals surface area (Å²) in [6.07, 6.45) is 3.14. The van der Waals surface area contributed by atoms with Crippen molar-refractivity contribution >= 4 is 11.7 Å². The summed E-state index contributed by atoms with van der Waals surface area (Å²) in [6.45, 7) is 1.56. The Balaban J connectivity index is 1.51. The van der Waals surface area contributed by atoms with Gasteiger partial charge in [0.15, 0.2) is 0 Å². The fourth-order valence-corrected chi connectivity index (χ4v) is 3.16. The van der Waals surface area contributed by atoms with E-state index in [4.69, 9.17) is 5.26 Å². The molecule has 24 heavy (non-hydrogen) atoms. The molecule has 0 aliphatic carbocycles. The Kier molecular flexibility index (Phi) is 5.12. The van der Waals surface area contributed by atoms with Crippen molar-refractivity contribution in [1.29, 1.82) is 5.26 Å². The number of carbonyl (C=O) groups is 1. The maximum absolute atomic E-state index is 12.4. The van der Waals surface area contributed by atoms with Crippen LogP contribution in [-0.2, 0) is 6.42 Å². The van der Waals surface area contributed by atoms with E-state index < -0.39 is 0 Å². The topological polar surface area (TPSA) is 56.1 Å². The summed E-state index contributed by atoms with van der Waals surface area (Å²) in [6, 6.07) is 19.5. The number of nitrogens with one attached hydrogen (secondary N) is 1. The number of rotatable bonds is 3. The van der Waals surface area contributed by atoms with Crippen LogP contribution in [0.15, 0.2) is 54.6 Å². The molecule has 1 fully saturated rings. The minimum Gasteiger partial charge on any atom is -0.325 e. The van der Waals surface area contributed by atoms with Crippen molar-refractivity contribution in [2.24, 2.45) is 5.92 Å². The van der Waals surface area contributed by atoms with Crippen molar-refractivity contribution in [1.82, 2.24) is 4.90 Å². The second-order valence-electron chi connectivity index (χ2n) is 6.24. The molecule has 1 heterocycles. The lowest BCUT2D eigenvalue weighted by Crippen LogP contribution is -2.41. The molecule has 1 saturated heterocycles. The molecule has 0 spiro atoms. The van der Waals surface area contributed by atoms with E-state index in [0.29, 0.717) is 17.2 Å². The molecule has 2 aromatic rings. The second kappa shape index (κ2) is 7.65. The van der Waals surface area contributed by atoms with E-state index in [1.807, 2.05) is 11.0 Å². The SMILES string of the molecule is N#Cc1cccc(NC(=O)N2CCC(Cc3ccccc3)CC2)c1. The van der Waals surface area contributed by atoms with Crippen LogP contribution in [0.4, 0.5) is 10.5 Å². The van der Waals surface area contributed by atoms with Crippen LogP contribution < -0.4 is 5.32 Å². The van der Waals surface area contributed by atoms with Gasteiger partial charge in [-0.15, -0.1) is 0 Å². The van der Waals surface area contributed by atoms with E-state index in [-0.39, 0.29) is 6.03 Å². The Hall–Kier alpha value is -2.80. The quantitative estimate of drug-likeness (QED) is 0.928. The highest BCUT2D eigenvalue weighted by atomic mass is 16.2. The maximum atomic E-state index is 12.4. The Morgan fingerprint density at radius 3 is 2.58 bits per heavy atom. The van der Waals surface area contributed by atoms with E-state index in [2.05, 4.69) is 35.7 Å². The number of piperidine rings is 1. The highest BCUT2D eigenvalue weighted by molar-refractivity contribution is 5.89. The molecule has 2 amide bonds. The molecule has 0 radical (unpaired) electrons. The molecule has 122 valence electrons. The molecule has 1 aliphatic heterocycles. The predicted molar refractivity (Wildman–Crippen MR) is 94.6 cm³/mol. The number of amides is 2. The first-order valence-electron chi connectivity index (χ1n) is 8.34. The van der Waals surface area contributed by atoms with Gasteiger partial charge in [-0.1, -0.05) is 36.4 Å². The number of anilines is 1. The van der Waals surface area contributed by atoms with Gasteiger partial charge in [0.1, 0.15) is 0 Å². The number of nitriles is 1. The summed E-state index contributed by atoms with van der Waals surface area (Å²) in [5.41, 5.74) is 2.59. The summed E-state index contributed by atoms with van der Waals surface area (Å²) < 4.78 is 0. The molecule has 3 rings (SSSR count). The summed E-state index contributed by atoms with van der Waals surface area (Å²) >= 11 is 0. The predicted octanol–water partition coefficient (Wildman–Crippen LogP) is 4.04. The fraction of sp³-hybridized carbons (Fsp3) is 0.300. The fourth-order valence-electron chi connectivity index (χ4n) is 3.16. The van der Waals surface area contributed by atoms with Crippen molar-refractivity contribution in [3.63, 3.8) is 0 Å². The normalized spacial score (nSPS) is 14.9. The summed E-state index contributed by atoms with van der Waals surface area (Å²) in [4.78, 5) is 14.2. The zero-order valence-electron chi connectivity index (χ0n) is 13.6. The Morgan fingerprint density at radius 2 is 1.88 bits per heavy atom. The van der Waals surface area contributed by atoms with Gasteiger partial charge in [0.2, 0.25) is 0 Å². The van der Waals surface area contributed by atoms with Crippen molar-refractivity contribution in [2.45, 2.75) is 19.3 Å². The zero-order valence-corrected chi connectivity index (χ0v) is 13.6. The monoisotopic (exact) mass is 319 g/mol. The molecule has 1 N–H and O–H groups in total. The third-order valence-corrected chi connectivity index (χ3v) is 4.51. The lowest BCUT2D eigenvalue weighted by molar-refractivity contribution is 0.182. The smallest absolute Gasteiger partial charge is 0.321 e. The van der Waals surface area contributed by atoms with Crippen molar-refractivity contribution in [3.05, 3.63) is 65.7 Å². The molecular formula is C20H21N3O. The average Bonchev–Trinajstić information content (AvgIpc) is 2.63. The van der Waals surface area contributed by atoms with Crippen LogP contribution in [0.5, 0.6) is 0 Å². The largest absolute Gasteiger partial charge is 0.325 e. The van der Waals surface area contributed by atoms with Crippen molar-refractivity contribution < 1.29 is 4.79 Å². The van der Waals surface area contributed by atoms with Crippen LogP contribution in [0.2, 0.25) is 0 Å². The summed E-state index contributed by atoms with van der Waals surface area (Å²) in [5, 5.41) is 11.8. The molecule has 0 bridgehead atoms. The number of likely N-dealkylation sites (tertiary alicyclic amines) is 1. The minimum atomic E-state index is -0.0803. The molecule has 0 atom stereocenters. The summed E-state index contributed by atoms with van der Waals surface area (Å²) in [7, 11) is 0. The third-order valence-electron chi connectivity index (χ3n) is 4.51. The highest BCUT2D eigenvalue weighted by Crippen LogP contribution is 2.22. The lowest BCUT2D eigenvalue weighted by atomic mass is 9.90. The maximum Gasteiger partial charge on any atom is 0.321 e. The molecule has 0 aromatic heterocycles. The van der Waals surface area contributed by atoms with Crippen LogP contribution in [0.1, 0.15) is 24.0 Å². The molecule has 1 aliphatic rings. The van der Waals surface area contributed by atoms with Gasteiger partial charge in [-0.2, -0.15) is 5.26 Å². The molecule has 4 heteroatoms. The number of benzene rings is 2. The van der Waals surface area contributed by atoms with E-state index in [1.54, 1.807) is 24.3 Å². The van der Waals surface area contributed by atoms with Gasteiger partial charge in [0, 0.05) is 18.8 Å². The van der Waals surface area contributed by atoms with Gasteiger partial charge in [-0.3, -0.25) is 0 Å². The van der Waals surface area contributed by atoms with Crippen LogP contribution in [-0.4, -0.2) is 24.0 Å². The van der Waals surface area contributed by atoms with Crippen molar-refractivity contribution in [3.8, 4) is 6.07 Å². The number of urea groups is 1. The highest BCUT2D eigenvalue weighted by Gasteiger charge is 2.23. The minimum absolute atomic E-state index is 0.0803. The van der Waals surface area contributed by atoms with E-state index in [9.17, 15) is 4.79 Å². The third kappa shape index (κ3) is 4.14. The van der Waals surface area contributed by atoms with Crippen LogP contribution >= 0.6 is 0 Å². The van der Waals surface area contributed by atoms with Crippen LogP contribution in [0.25, 0.3) is 0 Å². The number of hydrogen-bond donors (Lipinski definition) is 1. The van der Waals surface area contributed by atoms with Gasteiger partial charge in [0.25, 0.3) is 0 Å². The van der Waals surface area contributed by atoms with Gasteiger partial charge in [-0.25, -0.2) is 4.79 Å². The van der Waals surface area contributed by atoms with Crippen LogP contribution in [0.3, 0.4) is 0 Å². The second-order valence-corrected chi connectivity index (χ2v) is 6.24. The van der Waals surface area contributed by atoms with Gasteiger partial charge >= 0.3 is 6.03 Å². The molecule has 4 nitrogen and oxygen atoms in total.